The first-order valence-electron chi connectivity index (χ1n) is 14.0. The van der Waals surface area contributed by atoms with Crippen LogP contribution in [-0.4, -0.2) is 85.0 Å². The third-order valence-electron chi connectivity index (χ3n) is 6.89. The Labute approximate surface area is 241 Å². The molecule has 1 aliphatic rings. The number of sulfonamides is 1. The van der Waals surface area contributed by atoms with E-state index < -0.39 is 34.4 Å². The lowest BCUT2D eigenvalue weighted by atomic mass is 10.0. The third kappa shape index (κ3) is 8.73. The average Bonchev–Trinajstić information content (AvgIpc) is 3.40. The summed E-state index contributed by atoms with van der Waals surface area (Å²) in [5, 5.41) is 21.7. The van der Waals surface area contributed by atoms with Crippen molar-refractivity contribution in [3.8, 4) is 0 Å². The number of alkyl carbamates (subject to hydrolysis) is 1. The molecular formula is C29H40N4O7S. The topological polar surface area (TPSA) is 143 Å². The number of benzene rings is 2. The monoisotopic (exact) mass is 588 g/mol. The van der Waals surface area contributed by atoms with Gasteiger partial charge in [0.25, 0.3) is 0 Å². The third-order valence-corrected chi connectivity index (χ3v) is 8.72. The lowest BCUT2D eigenvalue weighted by Crippen LogP contribution is -2.51. The van der Waals surface area contributed by atoms with Gasteiger partial charge in [-0.15, -0.1) is 0 Å². The van der Waals surface area contributed by atoms with Crippen LogP contribution in [0.4, 0.5) is 4.79 Å². The molecule has 12 heteroatoms. The summed E-state index contributed by atoms with van der Waals surface area (Å²) in [6.07, 6.45) is 0.358. The van der Waals surface area contributed by atoms with Gasteiger partial charge in [-0.1, -0.05) is 44.2 Å². The van der Waals surface area contributed by atoms with E-state index in [4.69, 9.17) is 14.2 Å². The largest absolute Gasteiger partial charge is 0.444 e. The molecule has 0 radical (unpaired) electrons. The molecule has 2 unspecified atom stereocenters. The number of aromatic amines is 1. The summed E-state index contributed by atoms with van der Waals surface area (Å²) < 4.78 is 45.5. The fourth-order valence-corrected chi connectivity index (χ4v) is 6.42. The first kappa shape index (κ1) is 30.9. The van der Waals surface area contributed by atoms with Gasteiger partial charge in [0.15, 0.2) is 6.29 Å². The zero-order valence-corrected chi connectivity index (χ0v) is 24.5. The van der Waals surface area contributed by atoms with Crippen molar-refractivity contribution in [2.24, 2.45) is 5.92 Å². The van der Waals surface area contributed by atoms with Crippen molar-refractivity contribution >= 4 is 27.0 Å². The molecule has 2 aromatic carbocycles. The van der Waals surface area contributed by atoms with Crippen molar-refractivity contribution in [1.29, 1.82) is 0 Å². The van der Waals surface area contributed by atoms with Crippen molar-refractivity contribution < 1.29 is 32.5 Å². The predicted octanol–water partition coefficient (Wildman–Crippen LogP) is 3.45. The molecule has 1 aromatic heterocycles. The number of aliphatic hydroxyl groups is 1. The predicted molar refractivity (Wildman–Crippen MR) is 154 cm³/mol. The van der Waals surface area contributed by atoms with Crippen LogP contribution in [0.15, 0.2) is 59.6 Å². The van der Waals surface area contributed by atoms with E-state index in [0.29, 0.717) is 24.8 Å². The standard InChI is InChI=1S/C29H40N4O7S/c1-20(2)17-33(41(36,37)25-11-12-26-23(15-25)16-30-32-26)18-28(34)27(14-22-8-5-4-6-9-22)31-29(35)40-24-10-7-13-38-21(3)39-19-24/h4-6,8-9,11-12,15-16,20-21,24,27-28,34H,7,10,13-14,17-19H2,1-3H3,(H,30,32)(H,31,35)/t21?,24?,27-,28+/m0/s1. The highest BCUT2D eigenvalue weighted by molar-refractivity contribution is 7.89. The van der Waals surface area contributed by atoms with Gasteiger partial charge in [0.2, 0.25) is 10.0 Å². The highest BCUT2D eigenvalue weighted by Gasteiger charge is 2.32. The minimum Gasteiger partial charge on any atom is -0.444 e. The Kier molecular flexibility index (Phi) is 10.7. The number of aliphatic hydroxyl groups excluding tert-OH is 1. The molecule has 1 saturated heterocycles. The van der Waals surface area contributed by atoms with E-state index in [1.54, 1.807) is 25.3 Å². The molecule has 3 aromatic rings. The van der Waals surface area contributed by atoms with Gasteiger partial charge >= 0.3 is 6.09 Å². The lowest BCUT2D eigenvalue weighted by Gasteiger charge is -2.31. The average molecular weight is 589 g/mol. The van der Waals surface area contributed by atoms with Crippen LogP contribution in [0.3, 0.4) is 0 Å². The smallest absolute Gasteiger partial charge is 0.407 e. The van der Waals surface area contributed by atoms with Crippen molar-refractivity contribution in [1.82, 2.24) is 19.8 Å². The maximum atomic E-state index is 13.8. The number of rotatable bonds is 11. The molecule has 0 spiro atoms. The zero-order valence-electron chi connectivity index (χ0n) is 23.7. The van der Waals surface area contributed by atoms with Crippen molar-refractivity contribution in [2.45, 2.75) is 69.5 Å². The van der Waals surface area contributed by atoms with Crippen LogP contribution >= 0.6 is 0 Å². The van der Waals surface area contributed by atoms with Gasteiger partial charge in [-0.25, -0.2) is 13.2 Å². The van der Waals surface area contributed by atoms with E-state index in [2.05, 4.69) is 15.5 Å². The van der Waals surface area contributed by atoms with Crippen LogP contribution < -0.4 is 5.32 Å². The van der Waals surface area contributed by atoms with Crippen LogP contribution in [0.2, 0.25) is 0 Å². The molecule has 0 saturated carbocycles. The Morgan fingerprint density at radius 2 is 1.98 bits per heavy atom. The van der Waals surface area contributed by atoms with E-state index >= 15 is 0 Å². The van der Waals surface area contributed by atoms with Gasteiger partial charge in [0.05, 0.1) is 35.4 Å². The maximum absolute atomic E-state index is 13.8. The summed E-state index contributed by atoms with van der Waals surface area (Å²) in [4.78, 5) is 13.1. The molecule has 1 aliphatic heterocycles. The molecule has 0 aliphatic carbocycles. The second kappa shape index (κ2) is 14.2. The normalized spacial score (nSPS) is 20.0. The van der Waals surface area contributed by atoms with Gasteiger partial charge in [-0.3, -0.25) is 5.10 Å². The molecule has 41 heavy (non-hydrogen) atoms. The number of carbonyl (C=O) groups is 1. The zero-order chi connectivity index (χ0) is 29.4. The number of aromatic nitrogens is 2. The van der Waals surface area contributed by atoms with Gasteiger partial charge < -0.3 is 24.6 Å². The number of carbonyl (C=O) groups excluding carboxylic acids is 1. The number of amides is 1. The fraction of sp³-hybridized carbons (Fsp3) is 0.517. The first-order valence-corrected chi connectivity index (χ1v) is 15.4. The summed E-state index contributed by atoms with van der Waals surface area (Å²) >= 11 is 0. The Morgan fingerprint density at radius 3 is 2.73 bits per heavy atom. The van der Waals surface area contributed by atoms with E-state index in [0.717, 1.165) is 11.1 Å². The van der Waals surface area contributed by atoms with Crippen LogP contribution in [0.25, 0.3) is 10.9 Å². The number of hydrogen-bond donors (Lipinski definition) is 3. The summed E-state index contributed by atoms with van der Waals surface area (Å²) in [5.74, 6) is -0.00850. The number of nitrogens with one attached hydrogen (secondary N) is 2. The van der Waals surface area contributed by atoms with Gasteiger partial charge in [0.1, 0.15) is 6.10 Å². The van der Waals surface area contributed by atoms with Crippen molar-refractivity contribution in [3.05, 3.63) is 60.3 Å². The van der Waals surface area contributed by atoms with Crippen LogP contribution in [0, 0.1) is 5.92 Å². The quantitative estimate of drug-likeness (QED) is 0.309. The van der Waals surface area contributed by atoms with E-state index in [1.807, 2.05) is 44.2 Å². The SMILES string of the molecule is CC(C)CN(C[C@@H](O)[C@H](Cc1ccccc1)NC(=O)OC1CCCOC(C)OC1)S(=O)(=O)c1ccc2[nH]ncc2c1. The molecule has 2 heterocycles. The summed E-state index contributed by atoms with van der Waals surface area (Å²) in [5.41, 5.74) is 1.60. The highest BCUT2D eigenvalue weighted by Crippen LogP contribution is 2.23. The number of ether oxygens (including phenoxy) is 3. The molecule has 4 rings (SSSR count). The Balaban J connectivity index is 1.52. The Morgan fingerprint density at radius 1 is 1.20 bits per heavy atom. The van der Waals surface area contributed by atoms with E-state index in [-0.39, 0.29) is 43.2 Å². The Hall–Kier alpha value is -3.03. The molecule has 4 atom stereocenters. The highest BCUT2D eigenvalue weighted by atomic mass is 32.2. The van der Waals surface area contributed by atoms with Crippen molar-refractivity contribution in [2.75, 3.05) is 26.3 Å². The number of nitrogens with zero attached hydrogens (tertiary/aromatic N) is 2. The number of hydrogen-bond acceptors (Lipinski definition) is 8. The molecule has 1 amide bonds. The summed E-state index contributed by atoms with van der Waals surface area (Å²) in [6, 6.07) is 13.3. The Bertz CT molecular complexity index is 1370. The first-order chi connectivity index (χ1) is 19.6. The molecule has 11 nitrogen and oxygen atoms in total. The molecule has 1 fully saturated rings. The second-order valence-corrected chi connectivity index (χ2v) is 12.7. The van der Waals surface area contributed by atoms with Gasteiger partial charge in [0, 0.05) is 25.1 Å². The van der Waals surface area contributed by atoms with E-state index in [1.165, 1.54) is 10.4 Å². The number of fused-ring (bicyclic) bond motifs is 1. The van der Waals surface area contributed by atoms with Crippen LogP contribution in [-0.2, 0) is 30.7 Å². The molecular weight excluding hydrogens is 548 g/mol. The van der Waals surface area contributed by atoms with Crippen LogP contribution in [0.1, 0.15) is 39.2 Å². The van der Waals surface area contributed by atoms with Gasteiger partial charge in [-0.05, 0) is 55.9 Å². The second-order valence-electron chi connectivity index (χ2n) is 10.8. The van der Waals surface area contributed by atoms with Gasteiger partial charge in [-0.2, -0.15) is 9.40 Å². The van der Waals surface area contributed by atoms with Crippen LogP contribution in [0.5, 0.6) is 0 Å². The minimum atomic E-state index is -3.97. The maximum Gasteiger partial charge on any atom is 0.407 e. The molecule has 224 valence electrons. The summed E-state index contributed by atoms with van der Waals surface area (Å²) in [6.45, 7) is 6.28. The van der Waals surface area contributed by atoms with Crippen molar-refractivity contribution in [3.63, 3.8) is 0 Å². The fourth-order valence-electron chi connectivity index (χ4n) is 4.76. The minimum absolute atomic E-state index is 0.00850. The summed E-state index contributed by atoms with van der Waals surface area (Å²) in [7, 11) is -3.97. The molecule has 0 bridgehead atoms. The van der Waals surface area contributed by atoms with E-state index in [9.17, 15) is 18.3 Å². The lowest BCUT2D eigenvalue weighted by molar-refractivity contribution is -0.160. The molecule has 3 N–H and O–H groups in total. The number of H-pyrrole nitrogens is 1.